The number of hydrogen-bond acceptors (Lipinski definition) is 3. The largest absolute Gasteiger partial charge is 0.497 e. The lowest BCUT2D eigenvalue weighted by Crippen LogP contribution is -2.39. The van der Waals surface area contributed by atoms with Gasteiger partial charge in [0.05, 0.1) is 14.2 Å². The summed E-state index contributed by atoms with van der Waals surface area (Å²) in [6, 6.07) is 5.86. The van der Waals surface area contributed by atoms with E-state index in [9.17, 15) is 0 Å². The summed E-state index contributed by atoms with van der Waals surface area (Å²) in [5.74, 6) is 3.44. The highest BCUT2D eigenvalue weighted by Gasteiger charge is 2.20. The van der Waals surface area contributed by atoms with Crippen LogP contribution in [0.2, 0.25) is 0 Å². The van der Waals surface area contributed by atoms with E-state index in [1.807, 2.05) is 18.2 Å². The highest BCUT2D eigenvalue weighted by atomic mass is 16.5. The molecule has 0 unspecified atom stereocenters. The van der Waals surface area contributed by atoms with E-state index in [0.29, 0.717) is 0 Å². The van der Waals surface area contributed by atoms with Gasteiger partial charge < -0.3 is 20.1 Å². The number of nitrogens with one attached hydrogen (secondary N) is 2. The number of hydrogen-bond donors (Lipinski definition) is 2. The fraction of sp³-hybridized carbons (Fsp3) is 0.562. The van der Waals surface area contributed by atoms with Crippen molar-refractivity contribution < 1.29 is 9.47 Å². The van der Waals surface area contributed by atoms with E-state index >= 15 is 0 Å². The summed E-state index contributed by atoms with van der Waals surface area (Å²) < 4.78 is 10.6. The average molecular weight is 291 g/mol. The maximum absolute atomic E-state index is 5.39. The highest BCUT2D eigenvalue weighted by Crippen LogP contribution is 2.27. The average Bonchev–Trinajstić information content (AvgIpc) is 3.34. The van der Waals surface area contributed by atoms with E-state index in [1.165, 1.54) is 12.8 Å². The molecule has 0 spiro atoms. The third-order valence-electron chi connectivity index (χ3n) is 3.65. The first-order valence-corrected chi connectivity index (χ1v) is 7.42. The lowest BCUT2D eigenvalue weighted by atomic mass is 10.1. The van der Waals surface area contributed by atoms with Gasteiger partial charge in [0, 0.05) is 20.1 Å². The molecule has 0 atom stereocenters. The summed E-state index contributed by atoms with van der Waals surface area (Å²) in [5.41, 5.74) is 1.13. The minimum Gasteiger partial charge on any atom is -0.497 e. The lowest BCUT2D eigenvalue weighted by molar-refractivity contribution is 0.398. The van der Waals surface area contributed by atoms with Crippen LogP contribution in [-0.2, 0) is 6.42 Å². The molecule has 0 saturated heterocycles. The predicted octanol–water partition coefficient (Wildman–Crippen LogP) is 1.82. The van der Waals surface area contributed by atoms with Gasteiger partial charge in [0.15, 0.2) is 5.96 Å². The smallest absolute Gasteiger partial charge is 0.190 e. The Morgan fingerprint density at radius 2 is 2.05 bits per heavy atom. The van der Waals surface area contributed by atoms with Crippen LogP contribution < -0.4 is 20.1 Å². The van der Waals surface area contributed by atoms with E-state index in [2.05, 4.69) is 15.6 Å². The number of rotatable bonds is 7. The van der Waals surface area contributed by atoms with Crippen molar-refractivity contribution in [1.82, 2.24) is 10.6 Å². The summed E-state index contributed by atoms with van der Waals surface area (Å²) in [6.07, 6.45) is 3.53. The first-order chi connectivity index (χ1) is 10.3. The molecule has 0 radical (unpaired) electrons. The Labute approximate surface area is 126 Å². The zero-order valence-corrected chi connectivity index (χ0v) is 13.1. The maximum Gasteiger partial charge on any atom is 0.190 e. The highest BCUT2D eigenvalue weighted by molar-refractivity contribution is 5.79. The molecule has 0 aliphatic heterocycles. The van der Waals surface area contributed by atoms with Crippen molar-refractivity contribution in [3.8, 4) is 11.5 Å². The molecule has 1 saturated carbocycles. The van der Waals surface area contributed by atoms with Crippen molar-refractivity contribution in [3.05, 3.63) is 23.8 Å². The third kappa shape index (κ3) is 4.85. The van der Waals surface area contributed by atoms with Crippen LogP contribution in [0, 0.1) is 5.92 Å². The summed E-state index contributed by atoms with van der Waals surface area (Å²) in [5, 5.41) is 6.68. The van der Waals surface area contributed by atoms with Crippen LogP contribution >= 0.6 is 0 Å². The number of benzene rings is 1. The maximum atomic E-state index is 5.39. The van der Waals surface area contributed by atoms with Gasteiger partial charge in [-0.05, 0) is 48.9 Å². The molecule has 1 aliphatic rings. The molecule has 0 amide bonds. The molecule has 0 heterocycles. The molecule has 1 aliphatic carbocycles. The van der Waals surface area contributed by atoms with Gasteiger partial charge in [-0.15, -0.1) is 0 Å². The van der Waals surface area contributed by atoms with Crippen LogP contribution in [0.25, 0.3) is 0 Å². The van der Waals surface area contributed by atoms with Gasteiger partial charge in [-0.25, -0.2) is 0 Å². The fourth-order valence-corrected chi connectivity index (χ4v) is 2.18. The van der Waals surface area contributed by atoms with Crippen LogP contribution in [0.1, 0.15) is 18.4 Å². The number of aliphatic imine (C=N–C) groups is 1. The first-order valence-electron chi connectivity index (χ1n) is 7.42. The van der Waals surface area contributed by atoms with Gasteiger partial charge in [-0.2, -0.15) is 0 Å². The number of guanidine groups is 1. The van der Waals surface area contributed by atoms with E-state index in [-0.39, 0.29) is 0 Å². The monoisotopic (exact) mass is 291 g/mol. The third-order valence-corrected chi connectivity index (χ3v) is 3.65. The van der Waals surface area contributed by atoms with Crippen molar-refractivity contribution in [2.75, 3.05) is 34.4 Å². The van der Waals surface area contributed by atoms with E-state index in [0.717, 1.165) is 48.5 Å². The van der Waals surface area contributed by atoms with Gasteiger partial charge in [0.1, 0.15) is 11.5 Å². The van der Waals surface area contributed by atoms with Crippen LogP contribution in [-0.4, -0.2) is 40.3 Å². The second kappa shape index (κ2) is 7.76. The minimum atomic E-state index is 0.799. The zero-order valence-electron chi connectivity index (χ0n) is 13.1. The Kier molecular flexibility index (Phi) is 5.72. The molecule has 5 heteroatoms. The number of ether oxygens (including phenoxy) is 2. The quantitative estimate of drug-likeness (QED) is 0.594. The van der Waals surface area contributed by atoms with E-state index < -0.39 is 0 Å². The molecule has 0 aromatic heterocycles. The zero-order chi connectivity index (χ0) is 15.1. The second-order valence-corrected chi connectivity index (χ2v) is 5.25. The van der Waals surface area contributed by atoms with E-state index in [4.69, 9.17) is 9.47 Å². The topological polar surface area (TPSA) is 54.9 Å². The molecule has 21 heavy (non-hydrogen) atoms. The second-order valence-electron chi connectivity index (χ2n) is 5.25. The molecular formula is C16H25N3O2. The van der Waals surface area contributed by atoms with Gasteiger partial charge in [-0.3, -0.25) is 4.99 Å². The molecule has 5 nitrogen and oxygen atoms in total. The summed E-state index contributed by atoms with van der Waals surface area (Å²) >= 11 is 0. The van der Waals surface area contributed by atoms with Crippen molar-refractivity contribution >= 4 is 5.96 Å². The molecule has 1 aromatic rings. The minimum absolute atomic E-state index is 0.799. The van der Waals surface area contributed by atoms with Crippen LogP contribution in [0.3, 0.4) is 0 Å². The first kappa shape index (κ1) is 15.5. The Morgan fingerprint density at radius 3 is 2.67 bits per heavy atom. The van der Waals surface area contributed by atoms with Crippen LogP contribution in [0.5, 0.6) is 11.5 Å². The van der Waals surface area contributed by atoms with Gasteiger partial charge >= 0.3 is 0 Å². The Balaban J connectivity index is 1.83. The lowest BCUT2D eigenvalue weighted by Gasteiger charge is -2.13. The summed E-state index contributed by atoms with van der Waals surface area (Å²) in [7, 11) is 5.16. The SMILES string of the molecule is CN=C(NCCc1cc(OC)ccc1OC)NCC1CC1. The molecule has 2 N–H and O–H groups in total. The Bertz CT molecular complexity index is 484. The van der Waals surface area contributed by atoms with Crippen molar-refractivity contribution in [3.63, 3.8) is 0 Å². The molecule has 116 valence electrons. The van der Waals surface area contributed by atoms with Crippen molar-refractivity contribution in [1.29, 1.82) is 0 Å². The Hall–Kier alpha value is -1.91. The summed E-state index contributed by atoms with van der Waals surface area (Å²) in [6.45, 7) is 1.82. The normalized spacial score (nSPS) is 14.7. The molecule has 1 aromatic carbocycles. The summed E-state index contributed by atoms with van der Waals surface area (Å²) in [4.78, 5) is 4.23. The fourth-order valence-electron chi connectivity index (χ4n) is 2.18. The number of nitrogens with zero attached hydrogens (tertiary/aromatic N) is 1. The van der Waals surface area contributed by atoms with Gasteiger partial charge in [0.2, 0.25) is 0 Å². The molecule has 0 bridgehead atoms. The van der Waals surface area contributed by atoms with Crippen molar-refractivity contribution in [2.24, 2.45) is 10.9 Å². The van der Waals surface area contributed by atoms with Crippen LogP contribution in [0.15, 0.2) is 23.2 Å². The molecular weight excluding hydrogens is 266 g/mol. The standard InChI is InChI=1S/C16H25N3O2/c1-17-16(19-11-12-4-5-12)18-9-8-13-10-14(20-2)6-7-15(13)21-3/h6-7,10,12H,4-5,8-9,11H2,1-3H3,(H2,17,18,19). The van der Waals surface area contributed by atoms with Crippen LogP contribution in [0.4, 0.5) is 0 Å². The molecule has 1 fully saturated rings. The molecule has 2 rings (SSSR count). The Morgan fingerprint density at radius 1 is 1.24 bits per heavy atom. The van der Waals surface area contributed by atoms with Crippen molar-refractivity contribution in [2.45, 2.75) is 19.3 Å². The predicted molar refractivity (Wildman–Crippen MR) is 85.3 cm³/mol. The van der Waals surface area contributed by atoms with E-state index in [1.54, 1.807) is 21.3 Å². The van der Waals surface area contributed by atoms with Gasteiger partial charge in [0.25, 0.3) is 0 Å². The number of methoxy groups -OCH3 is 2. The van der Waals surface area contributed by atoms with Gasteiger partial charge in [-0.1, -0.05) is 0 Å².